The van der Waals surface area contributed by atoms with E-state index in [9.17, 15) is 0 Å². The molecule has 0 aliphatic carbocycles. The van der Waals surface area contributed by atoms with Gasteiger partial charge in [0.05, 0.1) is 16.9 Å². The van der Waals surface area contributed by atoms with Crippen LogP contribution in [0.1, 0.15) is 32.0 Å². The van der Waals surface area contributed by atoms with Crippen LogP contribution in [-0.2, 0) is 5.41 Å². The Balaban J connectivity index is 2.11. The molecule has 102 valence electrons. The van der Waals surface area contributed by atoms with Gasteiger partial charge in [-0.2, -0.15) is 5.10 Å². The molecular formula is C17H19N3. The first kappa shape index (κ1) is 12.9. The zero-order chi connectivity index (χ0) is 14.3. The summed E-state index contributed by atoms with van der Waals surface area (Å²) in [6.45, 7) is 8.68. The number of rotatable bonds is 1. The minimum atomic E-state index is 0.0600. The van der Waals surface area contributed by atoms with Gasteiger partial charge in [0.2, 0.25) is 0 Å². The van der Waals surface area contributed by atoms with E-state index >= 15 is 0 Å². The molecule has 3 nitrogen and oxygen atoms in total. The SMILES string of the molecule is Cc1cn(-c2ccc3cccnc3c2)nc1C(C)(C)C. The standard InChI is InChI=1S/C17H19N3/c1-12-11-20(19-16(12)17(2,3)4)14-8-7-13-6-5-9-18-15(13)10-14/h5-11H,1-4H3. The van der Waals surface area contributed by atoms with Crippen LogP contribution in [0.3, 0.4) is 0 Å². The fourth-order valence-electron chi connectivity index (χ4n) is 2.53. The van der Waals surface area contributed by atoms with Crippen molar-refractivity contribution in [3.8, 4) is 5.69 Å². The summed E-state index contributed by atoms with van der Waals surface area (Å²) in [4.78, 5) is 4.40. The molecule has 0 amide bonds. The highest BCUT2D eigenvalue weighted by molar-refractivity contribution is 5.80. The fraction of sp³-hybridized carbons (Fsp3) is 0.294. The molecule has 0 fully saturated rings. The summed E-state index contributed by atoms with van der Waals surface area (Å²) >= 11 is 0. The highest BCUT2D eigenvalue weighted by Gasteiger charge is 2.20. The molecule has 0 saturated heterocycles. The Bertz CT molecular complexity index is 763. The molecule has 0 radical (unpaired) electrons. The van der Waals surface area contributed by atoms with Gasteiger partial charge in [-0.25, -0.2) is 4.68 Å². The van der Waals surface area contributed by atoms with E-state index in [2.05, 4.69) is 63.1 Å². The van der Waals surface area contributed by atoms with Gasteiger partial charge >= 0.3 is 0 Å². The summed E-state index contributed by atoms with van der Waals surface area (Å²) in [5.74, 6) is 0. The Hall–Kier alpha value is -2.16. The summed E-state index contributed by atoms with van der Waals surface area (Å²) in [6.07, 6.45) is 3.91. The second-order valence-electron chi connectivity index (χ2n) is 6.24. The van der Waals surface area contributed by atoms with Gasteiger partial charge in [-0.15, -0.1) is 0 Å². The summed E-state index contributed by atoms with van der Waals surface area (Å²) in [5, 5.41) is 5.90. The quantitative estimate of drug-likeness (QED) is 0.665. The van der Waals surface area contributed by atoms with Crippen LogP contribution >= 0.6 is 0 Å². The van der Waals surface area contributed by atoms with Crippen molar-refractivity contribution in [3.05, 3.63) is 54.0 Å². The average molecular weight is 265 g/mol. The van der Waals surface area contributed by atoms with Crippen LogP contribution in [0, 0.1) is 6.92 Å². The van der Waals surface area contributed by atoms with Crippen LogP contribution in [0.15, 0.2) is 42.7 Å². The van der Waals surface area contributed by atoms with Gasteiger partial charge in [-0.3, -0.25) is 4.98 Å². The zero-order valence-electron chi connectivity index (χ0n) is 12.4. The smallest absolute Gasteiger partial charge is 0.0723 e. The third kappa shape index (κ3) is 2.20. The van der Waals surface area contributed by atoms with Crippen LogP contribution in [0.25, 0.3) is 16.6 Å². The minimum absolute atomic E-state index is 0.0600. The number of aromatic nitrogens is 3. The van der Waals surface area contributed by atoms with Crippen LogP contribution in [-0.4, -0.2) is 14.8 Å². The van der Waals surface area contributed by atoms with Gasteiger partial charge in [0.15, 0.2) is 0 Å². The van der Waals surface area contributed by atoms with Crippen LogP contribution in [0.2, 0.25) is 0 Å². The van der Waals surface area contributed by atoms with Gasteiger partial charge in [-0.05, 0) is 30.7 Å². The maximum atomic E-state index is 4.75. The molecule has 1 aromatic carbocycles. The number of hydrogen-bond acceptors (Lipinski definition) is 2. The first-order chi connectivity index (χ1) is 9.45. The topological polar surface area (TPSA) is 30.7 Å². The third-order valence-corrected chi connectivity index (χ3v) is 3.46. The molecule has 3 aromatic rings. The third-order valence-electron chi connectivity index (χ3n) is 3.46. The van der Waals surface area contributed by atoms with E-state index in [1.165, 1.54) is 5.56 Å². The molecule has 0 unspecified atom stereocenters. The molecule has 0 saturated carbocycles. The fourth-order valence-corrected chi connectivity index (χ4v) is 2.53. The monoisotopic (exact) mass is 265 g/mol. The highest BCUT2D eigenvalue weighted by Crippen LogP contribution is 2.25. The predicted molar refractivity (Wildman–Crippen MR) is 82.3 cm³/mol. The Morgan fingerprint density at radius 1 is 1.10 bits per heavy atom. The minimum Gasteiger partial charge on any atom is -0.256 e. The zero-order valence-corrected chi connectivity index (χ0v) is 12.4. The Labute approximate surface area is 119 Å². The lowest BCUT2D eigenvalue weighted by atomic mass is 9.90. The Morgan fingerprint density at radius 3 is 2.60 bits per heavy atom. The maximum Gasteiger partial charge on any atom is 0.0723 e. The van der Waals surface area contributed by atoms with Gasteiger partial charge in [0, 0.05) is 23.2 Å². The second kappa shape index (κ2) is 4.44. The lowest BCUT2D eigenvalue weighted by Gasteiger charge is -2.16. The maximum absolute atomic E-state index is 4.75. The van der Waals surface area contributed by atoms with Gasteiger partial charge in [0.1, 0.15) is 0 Å². The number of benzene rings is 1. The summed E-state index contributed by atoms with van der Waals surface area (Å²) in [7, 11) is 0. The van der Waals surface area contributed by atoms with E-state index in [0.29, 0.717) is 0 Å². The summed E-state index contributed by atoms with van der Waals surface area (Å²) in [5.41, 5.74) is 4.47. The van der Waals surface area contributed by atoms with Crippen LogP contribution in [0.5, 0.6) is 0 Å². The average Bonchev–Trinajstić information content (AvgIpc) is 2.80. The molecule has 20 heavy (non-hydrogen) atoms. The lowest BCUT2D eigenvalue weighted by molar-refractivity contribution is 0.557. The molecule has 0 aliphatic rings. The number of nitrogens with zero attached hydrogens (tertiary/aromatic N) is 3. The molecule has 0 bridgehead atoms. The molecule has 2 heterocycles. The van der Waals surface area contributed by atoms with E-state index in [0.717, 1.165) is 22.3 Å². The van der Waals surface area contributed by atoms with Crippen molar-refractivity contribution in [2.45, 2.75) is 33.1 Å². The van der Waals surface area contributed by atoms with E-state index in [-0.39, 0.29) is 5.41 Å². The van der Waals surface area contributed by atoms with Crippen molar-refractivity contribution < 1.29 is 0 Å². The summed E-state index contributed by atoms with van der Waals surface area (Å²) in [6, 6.07) is 10.3. The number of fused-ring (bicyclic) bond motifs is 1. The van der Waals surface area contributed by atoms with Crippen molar-refractivity contribution in [1.82, 2.24) is 14.8 Å². The van der Waals surface area contributed by atoms with Crippen molar-refractivity contribution in [2.75, 3.05) is 0 Å². The van der Waals surface area contributed by atoms with Crippen LogP contribution < -0.4 is 0 Å². The Kier molecular flexibility index (Phi) is 2.85. The van der Waals surface area contributed by atoms with E-state index in [4.69, 9.17) is 5.10 Å². The Morgan fingerprint density at radius 2 is 1.90 bits per heavy atom. The first-order valence-corrected chi connectivity index (χ1v) is 6.87. The lowest BCUT2D eigenvalue weighted by Crippen LogP contribution is -2.14. The molecule has 0 N–H and O–H groups in total. The van der Waals surface area contributed by atoms with Crippen molar-refractivity contribution >= 4 is 10.9 Å². The molecule has 0 spiro atoms. The van der Waals surface area contributed by atoms with Crippen molar-refractivity contribution in [2.24, 2.45) is 0 Å². The largest absolute Gasteiger partial charge is 0.256 e. The number of aryl methyl sites for hydroxylation is 1. The normalized spacial score (nSPS) is 12.0. The molecule has 3 heteroatoms. The van der Waals surface area contributed by atoms with E-state index < -0.39 is 0 Å². The number of pyridine rings is 1. The van der Waals surface area contributed by atoms with Crippen molar-refractivity contribution in [1.29, 1.82) is 0 Å². The first-order valence-electron chi connectivity index (χ1n) is 6.87. The predicted octanol–water partition coefficient (Wildman–Crippen LogP) is 4.03. The van der Waals surface area contributed by atoms with Crippen LogP contribution in [0.4, 0.5) is 0 Å². The molecule has 2 aromatic heterocycles. The van der Waals surface area contributed by atoms with E-state index in [1.54, 1.807) is 0 Å². The molecule has 0 atom stereocenters. The van der Waals surface area contributed by atoms with Gasteiger partial charge < -0.3 is 0 Å². The molecular weight excluding hydrogens is 246 g/mol. The molecule has 0 aliphatic heterocycles. The number of hydrogen-bond donors (Lipinski definition) is 0. The van der Waals surface area contributed by atoms with E-state index in [1.807, 2.05) is 16.9 Å². The van der Waals surface area contributed by atoms with Gasteiger partial charge in [0.25, 0.3) is 0 Å². The summed E-state index contributed by atoms with van der Waals surface area (Å²) < 4.78 is 1.95. The van der Waals surface area contributed by atoms with Gasteiger partial charge in [-0.1, -0.05) is 32.9 Å². The molecule has 3 rings (SSSR count). The highest BCUT2D eigenvalue weighted by atomic mass is 15.3. The van der Waals surface area contributed by atoms with Crippen molar-refractivity contribution in [3.63, 3.8) is 0 Å². The second-order valence-corrected chi connectivity index (χ2v) is 6.24.